The minimum atomic E-state index is -1.34. The molecule has 2 rings (SSSR count). The van der Waals surface area contributed by atoms with Crippen LogP contribution in [0.15, 0.2) is 24.3 Å². The van der Waals surface area contributed by atoms with Crippen LogP contribution in [0.5, 0.6) is 0 Å². The molecule has 3 amide bonds. The van der Waals surface area contributed by atoms with E-state index in [0.29, 0.717) is 0 Å². The average Bonchev–Trinajstić information content (AvgIpc) is 2.96. The lowest BCUT2D eigenvalue weighted by Gasteiger charge is -2.26. The molecule has 0 aliphatic carbocycles. The summed E-state index contributed by atoms with van der Waals surface area (Å²) < 4.78 is 10.0. The lowest BCUT2D eigenvalue weighted by atomic mass is 10.1. The number of aliphatic hydroxyl groups is 1. The normalized spacial score (nSPS) is 15.4. The molecule has 2 atom stereocenters. The summed E-state index contributed by atoms with van der Waals surface area (Å²) in [5, 5.41) is 21.1. The van der Waals surface area contributed by atoms with E-state index in [9.17, 15) is 29.4 Å². The summed E-state index contributed by atoms with van der Waals surface area (Å²) in [6.07, 6.45) is -0.663. The highest BCUT2D eigenvalue weighted by Crippen LogP contribution is 2.25. The van der Waals surface area contributed by atoms with E-state index in [4.69, 9.17) is 9.47 Å². The van der Waals surface area contributed by atoms with Crippen LogP contribution in [0.4, 0.5) is 0 Å². The highest BCUT2D eigenvalue weighted by molar-refractivity contribution is 6.22. The van der Waals surface area contributed by atoms with Gasteiger partial charge in [-0.3, -0.25) is 19.3 Å². The van der Waals surface area contributed by atoms with Crippen molar-refractivity contribution in [1.29, 1.82) is 0 Å². The first-order valence-electron chi connectivity index (χ1n) is 9.02. The Morgan fingerprint density at radius 2 is 1.59 bits per heavy atom. The lowest BCUT2D eigenvalue weighted by molar-refractivity contribution is -0.144. The summed E-state index contributed by atoms with van der Waals surface area (Å²) in [6, 6.07) is 3.51. The number of amides is 3. The molecule has 10 heteroatoms. The van der Waals surface area contributed by atoms with Crippen molar-refractivity contribution in [3.05, 3.63) is 35.4 Å². The molecule has 2 unspecified atom stereocenters. The van der Waals surface area contributed by atoms with Crippen LogP contribution in [0, 0.1) is 0 Å². The zero-order chi connectivity index (χ0) is 21.6. The zero-order valence-corrected chi connectivity index (χ0v) is 16.2. The van der Waals surface area contributed by atoms with Gasteiger partial charge in [0, 0.05) is 33.7 Å². The van der Waals surface area contributed by atoms with E-state index in [0.717, 1.165) is 4.90 Å². The third-order valence-corrected chi connectivity index (χ3v) is 4.67. The Morgan fingerprint density at radius 1 is 1.03 bits per heavy atom. The number of nitrogens with zero attached hydrogens (tertiary/aromatic N) is 1. The van der Waals surface area contributed by atoms with Crippen LogP contribution in [0.3, 0.4) is 0 Å². The van der Waals surface area contributed by atoms with Crippen molar-refractivity contribution in [3.63, 3.8) is 0 Å². The number of hydrogen-bond acceptors (Lipinski definition) is 7. The highest BCUT2D eigenvalue weighted by atomic mass is 16.7. The number of carboxylic acids is 1. The molecule has 0 saturated heterocycles. The maximum atomic E-state index is 12.8. The molecule has 1 aromatic rings. The first-order valence-corrected chi connectivity index (χ1v) is 9.02. The van der Waals surface area contributed by atoms with Gasteiger partial charge in [0.25, 0.3) is 11.8 Å². The monoisotopic (exact) mass is 408 g/mol. The summed E-state index contributed by atoms with van der Waals surface area (Å²) in [6.45, 7) is -0.474. The number of carbonyl (C=O) groups excluding carboxylic acids is 3. The van der Waals surface area contributed by atoms with Gasteiger partial charge in [-0.15, -0.1) is 0 Å². The maximum absolute atomic E-state index is 12.8. The number of ether oxygens (including phenoxy) is 2. The molecule has 3 N–H and O–H groups in total. The van der Waals surface area contributed by atoms with E-state index in [1.807, 2.05) is 0 Å². The number of rotatable bonds is 11. The summed E-state index contributed by atoms with van der Waals surface area (Å²) in [4.78, 5) is 50.3. The van der Waals surface area contributed by atoms with Gasteiger partial charge in [-0.2, -0.15) is 0 Å². The average molecular weight is 408 g/mol. The van der Waals surface area contributed by atoms with Gasteiger partial charge in [0.05, 0.1) is 11.1 Å². The van der Waals surface area contributed by atoms with Gasteiger partial charge in [0.2, 0.25) is 5.91 Å². The Kier molecular flexibility index (Phi) is 7.82. The molecule has 1 aliphatic heterocycles. The Bertz CT molecular complexity index is 742. The number of hydrogen-bond donors (Lipinski definition) is 3. The number of fused-ring (bicyclic) bond motifs is 1. The molecule has 29 heavy (non-hydrogen) atoms. The van der Waals surface area contributed by atoms with Crippen LogP contribution < -0.4 is 5.32 Å². The molecule has 0 fully saturated rings. The van der Waals surface area contributed by atoms with Gasteiger partial charge in [0.1, 0.15) is 12.1 Å². The van der Waals surface area contributed by atoms with Gasteiger partial charge in [-0.05, 0) is 18.6 Å². The van der Waals surface area contributed by atoms with Crippen LogP contribution in [0.25, 0.3) is 0 Å². The molecule has 10 nitrogen and oxygen atoms in total. The standard InChI is InChI=1S/C19H24N2O8/c1-28-15(29-2)8-7-13(19(26)27)20-16(23)14(9-10-22)21-17(24)11-5-3-4-6-12(11)18(21)25/h3-6,13-15,22H,7-10H2,1-2H3,(H,20,23)(H,26,27). The van der Waals surface area contributed by atoms with Crippen LogP contribution in [0.1, 0.15) is 40.0 Å². The zero-order valence-electron chi connectivity index (χ0n) is 16.2. The van der Waals surface area contributed by atoms with E-state index >= 15 is 0 Å². The van der Waals surface area contributed by atoms with Crippen LogP contribution >= 0.6 is 0 Å². The minimum Gasteiger partial charge on any atom is -0.480 e. The van der Waals surface area contributed by atoms with E-state index < -0.39 is 48.7 Å². The smallest absolute Gasteiger partial charge is 0.326 e. The molecule has 1 aromatic carbocycles. The Hall–Kier alpha value is -2.82. The van der Waals surface area contributed by atoms with Crippen LogP contribution in [0.2, 0.25) is 0 Å². The lowest BCUT2D eigenvalue weighted by Crippen LogP contribution is -2.53. The number of benzene rings is 1. The number of aliphatic hydroxyl groups excluding tert-OH is 1. The minimum absolute atomic E-state index is 0.00137. The number of carbonyl (C=O) groups is 4. The second kappa shape index (κ2) is 10.1. The molecule has 0 saturated carbocycles. The Morgan fingerprint density at radius 3 is 2.03 bits per heavy atom. The van der Waals surface area contributed by atoms with Gasteiger partial charge in [-0.1, -0.05) is 12.1 Å². The van der Waals surface area contributed by atoms with Crippen molar-refractivity contribution in [2.75, 3.05) is 20.8 Å². The third-order valence-electron chi connectivity index (χ3n) is 4.67. The SMILES string of the molecule is COC(CCC(NC(=O)C(CCO)N1C(=O)c2ccccc2C1=O)C(=O)O)OC. The van der Waals surface area contributed by atoms with Crippen LogP contribution in [-0.4, -0.2) is 78.0 Å². The highest BCUT2D eigenvalue weighted by Gasteiger charge is 2.43. The maximum Gasteiger partial charge on any atom is 0.326 e. The molecule has 1 aliphatic rings. The fourth-order valence-corrected chi connectivity index (χ4v) is 3.15. The van der Waals surface area contributed by atoms with Crippen molar-refractivity contribution in [3.8, 4) is 0 Å². The van der Waals surface area contributed by atoms with E-state index in [-0.39, 0.29) is 30.4 Å². The first-order chi connectivity index (χ1) is 13.8. The topological polar surface area (TPSA) is 142 Å². The molecule has 0 bridgehead atoms. The van der Waals surface area contributed by atoms with Crippen molar-refractivity contribution < 1.29 is 38.9 Å². The first kappa shape index (κ1) is 22.5. The predicted molar refractivity (Wildman–Crippen MR) is 99.0 cm³/mol. The number of carboxylic acid groups (broad SMARTS) is 1. The quantitative estimate of drug-likeness (QED) is 0.343. The second-order valence-electron chi connectivity index (χ2n) is 6.43. The van der Waals surface area contributed by atoms with Crippen molar-refractivity contribution in [2.45, 2.75) is 37.6 Å². The van der Waals surface area contributed by atoms with Gasteiger partial charge in [-0.25, -0.2) is 4.79 Å². The van der Waals surface area contributed by atoms with Crippen molar-refractivity contribution in [1.82, 2.24) is 10.2 Å². The second-order valence-corrected chi connectivity index (χ2v) is 6.43. The third kappa shape index (κ3) is 4.97. The van der Waals surface area contributed by atoms with E-state index in [1.54, 1.807) is 12.1 Å². The van der Waals surface area contributed by atoms with Crippen LogP contribution in [-0.2, 0) is 19.1 Å². The summed E-state index contributed by atoms with van der Waals surface area (Å²) >= 11 is 0. The Balaban J connectivity index is 2.17. The number of methoxy groups -OCH3 is 2. The summed E-state index contributed by atoms with van der Waals surface area (Å²) in [7, 11) is 2.81. The molecule has 158 valence electrons. The van der Waals surface area contributed by atoms with Gasteiger partial charge >= 0.3 is 5.97 Å². The molecular weight excluding hydrogens is 384 g/mol. The fourth-order valence-electron chi connectivity index (χ4n) is 3.15. The molecule has 0 spiro atoms. The largest absolute Gasteiger partial charge is 0.480 e. The van der Waals surface area contributed by atoms with Crippen molar-refractivity contribution >= 4 is 23.7 Å². The number of aliphatic carboxylic acids is 1. The molecule has 0 aromatic heterocycles. The predicted octanol–water partition coefficient (Wildman–Crippen LogP) is 0.00210. The summed E-state index contributed by atoms with van der Waals surface area (Å²) in [5.74, 6) is -3.45. The van der Waals surface area contributed by atoms with Gasteiger partial charge < -0.3 is 25.0 Å². The summed E-state index contributed by atoms with van der Waals surface area (Å²) in [5.41, 5.74) is 0.317. The fraction of sp³-hybridized carbons (Fsp3) is 0.474. The Labute approximate surface area is 167 Å². The molecule has 1 heterocycles. The molecule has 0 radical (unpaired) electrons. The molecular formula is C19H24N2O8. The number of nitrogens with one attached hydrogen (secondary N) is 1. The van der Waals surface area contributed by atoms with Gasteiger partial charge in [0.15, 0.2) is 6.29 Å². The van der Waals surface area contributed by atoms with E-state index in [1.165, 1.54) is 26.4 Å². The number of imide groups is 1. The van der Waals surface area contributed by atoms with E-state index in [2.05, 4.69) is 5.32 Å². The van der Waals surface area contributed by atoms with Crippen molar-refractivity contribution in [2.24, 2.45) is 0 Å².